The fourth-order valence-corrected chi connectivity index (χ4v) is 3.04. The van der Waals surface area contributed by atoms with Crippen molar-refractivity contribution in [2.24, 2.45) is 0 Å². The Morgan fingerprint density at radius 1 is 1.54 bits per heavy atom. The normalized spacial score (nSPS) is 33.2. The van der Waals surface area contributed by atoms with E-state index in [2.05, 4.69) is 30.4 Å². The van der Waals surface area contributed by atoms with Crippen molar-refractivity contribution in [3.8, 4) is 0 Å². The monoisotopic (exact) mass is 204 g/mol. The Hall–Kier alpha value is 0.0700. The van der Waals surface area contributed by atoms with Gasteiger partial charge >= 0.3 is 0 Å². The van der Waals surface area contributed by atoms with Gasteiger partial charge < -0.3 is 5.32 Å². The second kappa shape index (κ2) is 5.08. The molecule has 0 bridgehead atoms. The molecule has 1 aliphatic heterocycles. The molecule has 3 unspecified atom stereocenters. The fraction of sp³-hybridized carbons (Fsp3) is 1.00. The highest BCUT2D eigenvalue weighted by atomic mass is 32.2. The first-order chi connectivity index (χ1) is 6.16. The van der Waals surface area contributed by atoms with Crippen molar-refractivity contribution in [3.05, 3.63) is 0 Å². The summed E-state index contributed by atoms with van der Waals surface area (Å²) in [6.07, 6.45) is 0.998. The SMILES string of the molecule is CCCS(=O)N1CCNC(C)C1C. The molecule has 4 heteroatoms. The molecular weight excluding hydrogens is 184 g/mol. The molecule has 0 aromatic rings. The third kappa shape index (κ3) is 2.76. The Morgan fingerprint density at radius 3 is 2.85 bits per heavy atom. The first-order valence-corrected chi connectivity index (χ1v) is 6.33. The summed E-state index contributed by atoms with van der Waals surface area (Å²) in [6, 6.07) is 0.843. The van der Waals surface area contributed by atoms with Crippen LogP contribution >= 0.6 is 0 Å². The number of nitrogens with one attached hydrogen (secondary N) is 1. The molecule has 0 aromatic heterocycles. The molecule has 0 aliphatic carbocycles. The molecule has 1 rings (SSSR count). The highest BCUT2D eigenvalue weighted by Crippen LogP contribution is 2.11. The lowest BCUT2D eigenvalue weighted by Crippen LogP contribution is -2.55. The van der Waals surface area contributed by atoms with Gasteiger partial charge in [0.15, 0.2) is 0 Å². The molecule has 0 spiro atoms. The highest BCUT2D eigenvalue weighted by molar-refractivity contribution is 7.82. The maximum atomic E-state index is 11.8. The highest BCUT2D eigenvalue weighted by Gasteiger charge is 2.27. The fourth-order valence-electron chi connectivity index (χ4n) is 1.61. The van der Waals surface area contributed by atoms with Crippen LogP contribution in [0, 0.1) is 0 Å². The summed E-state index contributed by atoms with van der Waals surface area (Å²) in [7, 11) is -0.764. The Kier molecular flexibility index (Phi) is 4.35. The van der Waals surface area contributed by atoms with Gasteiger partial charge in [0, 0.05) is 30.9 Å². The zero-order valence-electron chi connectivity index (χ0n) is 8.75. The van der Waals surface area contributed by atoms with E-state index in [-0.39, 0.29) is 0 Å². The molecule has 1 aliphatic rings. The summed E-state index contributed by atoms with van der Waals surface area (Å²) >= 11 is 0. The summed E-state index contributed by atoms with van der Waals surface area (Å²) in [5, 5.41) is 3.38. The van der Waals surface area contributed by atoms with E-state index >= 15 is 0 Å². The Morgan fingerprint density at radius 2 is 2.23 bits per heavy atom. The van der Waals surface area contributed by atoms with Crippen LogP contribution in [0.5, 0.6) is 0 Å². The van der Waals surface area contributed by atoms with Gasteiger partial charge in [-0.2, -0.15) is 0 Å². The van der Waals surface area contributed by atoms with Gasteiger partial charge in [-0.05, 0) is 20.3 Å². The van der Waals surface area contributed by atoms with Crippen LogP contribution in [0.25, 0.3) is 0 Å². The molecule has 1 saturated heterocycles. The summed E-state index contributed by atoms with van der Waals surface area (Å²) in [5.74, 6) is 0.803. The number of piperazine rings is 1. The van der Waals surface area contributed by atoms with Crippen molar-refractivity contribution in [2.45, 2.75) is 39.3 Å². The topological polar surface area (TPSA) is 32.3 Å². The molecule has 78 valence electrons. The van der Waals surface area contributed by atoms with Gasteiger partial charge in [-0.15, -0.1) is 0 Å². The molecule has 3 atom stereocenters. The number of hydrogen-bond donors (Lipinski definition) is 1. The van der Waals surface area contributed by atoms with Crippen molar-refractivity contribution >= 4 is 11.0 Å². The Labute approximate surface area is 83.5 Å². The van der Waals surface area contributed by atoms with E-state index in [1.165, 1.54) is 0 Å². The minimum Gasteiger partial charge on any atom is -0.311 e. The predicted molar refractivity (Wildman–Crippen MR) is 56.9 cm³/mol. The zero-order chi connectivity index (χ0) is 9.84. The van der Waals surface area contributed by atoms with E-state index in [9.17, 15) is 4.21 Å². The van der Waals surface area contributed by atoms with Crippen LogP contribution in [0.15, 0.2) is 0 Å². The van der Waals surface area contributed by atoms with Crippen LogP contribution in [0.1, 0.15) is 27.2 Å². The summed E-state index contributed by atoms with van der Waals surface area (Å²) in [6.45, 7) is 8.25. The van der Waals surface area contributed by atoms with Crippen LogP contribution in [0.4, 0.5) is 0 Å². The Bertz CT molecular complexity index is 186. The molecule has 0 saturated carbocycles. The van der Waals surface area contributed by atoms with E-state index in [1.54, 1.807) is 0 Å². The third-order valence-corrected chi connectivity index (χ3v) is 4.41. The van der Waals surface area contributed by atoms with Crippen LogP contribution < -0.4 is 5.32 Å². The van der Waals surface area contributed by atoms with Gasteiger partial charge in [-0.3, -0.25) is 0 Å². The second-order valence-electron chi connectivity index (χ2n) is 3.65. The van der Waals surface area contributed by atoms with Crippen molar-refractivity contribution in [2.75, 3.05) is 18.8 Å². The maximum Gasteiger partial charge on any atom is 0.0945 e. The standard InChI is InChI=1S/C9H20N2OS/c1-4-7-13(12)11-6-5-10-8(2)9(11)3/h8-10H,4-7H2,1-3H3. The average molecular weight is 204 g/mol. The lowest BCUT2D eigenvalue weighted by molar-refractivity contribution is 0.242. The van der Waals surface area contributed by atoms with Crippen molar-refractivity contribution in [3.63, 3.8) is 0 Å². The zero-order valence-corrected chi connectivity index (χ0v) is 9.56. The number of hydrogen-bond acceptors (Lipinski definition) is 2. The largest absolute Gasteiger partial charge is 0.311 e. The summed E-state index contributed by atoms with van der Waals surface area (Å²) < 4.78 is 13.9. The van der Waals surface area contributed by atoms with Gasteiger partial charge in [-0.1, -0.05) is 6.92 Å². The molecule has 1 heterocycles. The summed E-state index contributed by atoms with van der Waals surface area (Å²) in [4.78, 5) is 0. The smallest absolute Gasteiger partial charge is 0.0945 e. The lowest BCUT2D eigenvalue weighted by Gasteiger charge is -2.37. The molecule has 1 fully saturated rings. The molecule has 0 amide bonds. The number of nitrogens with zero attached hydrogens (tertiary/aromatic N) is 1. The lowest BCUT2D eigenvalue weighted by atomic mass is 10.1. The molecule has 13 heavy (non-hydrogen) atoms. The van der Waals surface area contributed by atoms with Gasteiger partial charge in [0.05, 0.1) is 11.0 Å². The van der Waals surface area contributed by atoms with Gasteiger partial charge in [-0.25, -0.2) is 8.51 Å². The van der Waals surface area contributed by atoms with Crippen LogP contribution in [0.3, 0.4) is 0 Å². The number of rotatable bonds is 3. The van der Waals surface area contributed by atoms with Crippen molar-refractivity contribution in [1.29, 1.82) is 0 Å². The molecular formula is C9H20N2OS. The average Bonchev–Trinajstić information content (AvgIpc) is 2.10. The maximum absolute atomic E-state index is 11.8. The van der Waals surface area contributed by atoms with E-state index in [0.29, 0.717) is 12.1 Å². The van der Waals surface area contributed by atoms with Crippen molar-refractivity contribution < 1.29 is 4.21 Å². The van der Waals surface area contributed by atoms with E-state index in [0.717, 1.165) is 25.3 Å². The van der Waals surface area contributed by atoms with Crippen LogP contribution in [-0.2, 0) is 11.0 Å². The predicted octanol–water partition coefficient (Wildman–Crippen LogP) is 0.742. The first-order valence-electron chi connectivity index (χ1n) is 5.05. The van der Waals surface area contributed by atoms with E-state index in [1.807, 2.05) is 0 Å². The third-order valence-electron chi connectivity index (χ3n) is 2.62. The second-order valence-corrected chi connectivity index (χ2v) is 5.17. The van der Waals surface area contributed by atoms with E-state index in [4.69, 9.17) is 0 Å². The van der Waals surface area contributed by atoms with Crippen LogP contribution in [0.2, 0.25) is 0 Å². The minimum absolute atomic E-state index is 0.390. The molecule has 0 radical (unpaired) electrons. The molecule has 0 aromatic carbocycles. The van der Waals surface area contributed by atoms with Gasteiger partial charge in [0.25, 0.3) is 0 Å². The van der Waals surface area contributed by atoms with Crippen LogP contribution in [-0.4, -0.2) is 39.4 Å². The van der Waals surface area contributed by atoms with Gasteiger partial charge in [0.1, 0.15) is 0 Å². The van der Waals surface area contributed by atoms with Crippen molar-refractivity contribution in [1.82, 2.24) is 9.62 Å². The quantitative estimate of drug-likeness (QED) is 0.735. The van der Waals surface area contributed by atoms with E-state index < -0.39 is 11.0 Å². The molecule has 1 N–H and O–H groups in total. The summed E-state index contributed by atoms with van der Waals surface area (Å²) in [5.41, 5.74) is 0. The Balaban J connectivity index is 2.52. The van der Waals surface area contributed by atoms with Gasteiger partial charge in [0.2, 0.25) is 0 Å². The first kappa shape index (κ1) is 11.1. The molecule has 3 nitrogen and oxygen atoms in total. The minimum atomic E-state index is -0.764.